The average Bonchev–Trinajstić information content (AvgIpc) is 3.12. The Bertz CT molecular complexity index is 617. The van der Waals surface area contributed by atoms with Gasteiger partial charge in [0.05, 0.1) is 5.52 Å². The summed E-state index contributed by atoms with van der Waals surface area (Å²) in [7, 11) is 0. The molecule has 2 aliphatic heterocycles. The normalized spacial score (nSPS) is 21.6. The molecule has 104 valence electrons. The molecule has 3 heterocycles. The summed E-state index contributed by atoms with van der Waals surface area (Å²) in [5, 5.41) is 4.86. The van der Waals surface area contributed by atoms with Gasteiger partial charge >= 0.3 is 0 Å². The molecule has 1 atom stereocenters. The third-order valence-corrected chi connectivity index (χ3v) is 4.64. The van der Waals surface area contributed by atoms with Crippen molar-refractivity contribution < 1.29 is 0 Å². The number of fused-ring (bicyclic) bond motifs is 2. The van der Waals surface area contributed by atoms with E-state index in [1.807, 2.05) is 0 Å². The number of nitrogens with zero attached hydrogens (tertiary/aromatic N) is 2. The van der Waals surface area contributed by atoms with Crippen LogP contribution in [0.25, 0.3) is 10.9 Å². The lowest BCUT2D eigenvalue weighted by Crippen LogP contribution is -2.30. The van der Waals surface area contributed by atoms with Crippen LogP contribution in [0.15, 0.2) is 30.3 Å². The maximum atomic E-state index is 4.89. The van der Waals surface area contributed by atoms with E-state index in [1.54, 1.807) is 0 Å². The van der Waals surface area contributed by atoms with E-state index in [-0.39, 0.29) is 0 Å². The van der Waals surface area contributed by atoms with Gasteiger partial charge in [0, 0.05) is 24.5 Å². The van der Waals surface area contributed by atoms with Gasteiger partial charge in [0.2, 0.25) is 0 Å². The third-order valence-electron chi connectivity index (χ3n) is 4.64. The van der Waals surface area contributed by atoms with E-state index in [0.29, 0.717) is 0 Å². The monoisotopic (exact) mass is 267 g/mol. The summed E-state index contributed by atoms with van der Waals surface area (Å²) in [6.45, 7) is 3.46. The Balaban J connectivity index is 1.55. The van der Waals surface area contributed by atoms with Gasteiger partial charge in [0.1, 0.15) is 5.82 Å². The Kier molecular flexibility index (Phi) is 3.07. The molecular weight excluding hydrogens is 246 g/mol. The number of hydrogen-bond donors (Lipinski definition) is 1. The molecule has 3 heteroatoms. The molecule has 1 aromatic heterocycles. The fraction of sp³-hybridized carbons (Fsp3) is 0.471. The summed E-state index contributed by atoms with van der Waals surface area (Å²) in [6, 6.07) is 11.5. The molecule has 1 unspecified atom stereocenters. The number of para-hydroxylation sites is 1. The highest BCUT2D eigenvalue weighted by molar-refractivity contribution is 5.82. The van der Waals surface area contributed by atoms with Crippen LogP contribution < -0.4 is 10.2 Å². The number of hydrogen-bond acceptors (Lipinski definition) is 3. The van der Waals surface area contributed by atoms with Crippen molar-refractivity contribution in [3.8, 4) is 0 Å². The lowest BCUT2D eigenvalue weighted by atomic mass is 10.1. The predicted molar refractivity (Wildman–Crippen MR) is 83.3 cm³/mol. The maximum Gasteiger partial charge on any atom is 0.132 e. The molecule has 2 aromatic rings. The summed E-state index contributed by atoms with van der Waals surface area (Å²) < 4.78 is 0. The molecule has 1 fully saturated rings. The smallest absolute Gasteiger partial charge is 0.132 e. The second-order valence-corrected chi connectivity index (χ2v) is 5.98. The Labute approximate surface area is 120 Å². The van der Waals surface area contributed by atoms with Crippen molar-refractivity contribution in [3.05, 3.63) is 35.9 Å². The van der Waals surface area contributed by atoms with E-state index < -0.39 is 0 Å². The van der Waals surface area contributed by atoms with Crippen LogP contribution in [0.3, 0.4) is 0 Å². The van der Waals surface area contributed by atoms with Crippen LogP contribution in [0, 0.1) is 0 Å². The summed E-state index contributed by atoms with van der Waals surface area (Å²) in [6.07, 6.45) is 5.06. The molecule has 0 saturated carbocycles. The topological polar surface area (TPSA) is 28.2 Å². The number of benzene rings is 1. The highest BCUT2D eigenvalue weighted by atomic mass is 15.2. The van der Waals surface area contributed by atoms with Crippen LogP contribution in [-0.2, 0) is 6.42 Å². The molecule has 1 aromatic carbocycles. The summed E-state index contributed by atoms with van der Waals surface area (Å²) in [5.74, 6) is 1.22. The van der Waals surface area contributed by atoms with Crippen molar-refractivity contribution in [1.29, 1.82) is 0 Å². The zero-order chi connectivity index (χ0) is 13.4. The molecule has 3 nitrogen and oxygen atoms in total. The van der Waals surface area contributed by atoms with E-state index in [1.165, 1.54) is 42.6 Å². The van der Waals surface area contributed by atoms with Crippen molar-refractivity contribution in [2.45, 2.75) is 31.7 Å². The van der Waals surface area contributed by atoms with Crippen molar-refractivity contribution in [2.75, 3.05) is 24.5 Å². The molecule has 1 N–H and O–H groups in total. The molecule has 4 rings (SSSR count). The van der Waals surface area contributed by atoms with Crippen molar-refractivity contribution >= 4 is 16.7 Å². The van der Waals surface area contributed by atoms with Gasteiger partial charge < -0.3 is 10.2 Å². The van der Waals surface area contributed by atoms with Crippen LogP contribution in [0.4, 0.5) is 5.82 Å². The van der Waals surface area contributed by atoms with Gasteiger partial charge in [0.15, 0.2) is 0 Å². The van der Waals surface area contributed by atoms with Gasteiger partial charge in [-0.05, 0) is 49.9 Å². The van der Waals surface area contributed by atoms with Gasteiger partial charge in [-0.3, -0.25) is 0 Å². The predicted octanol–water partition coefficient (Wildman–Crippen LogP) is 2.74. The van der Waals surface area contributed by atoms with Crippen molar-refractivity contribution in [1.82, 2.24) is 10.3 Å². The molecule has 0 radical (unpaired) electrons. The van der Waals surface area contributed by atoms with Crippen LogP contribution in [-0.4, -0.2) is 30.7 Å². The minimum Gasteiger partial charge on any atom is -0.356 e. The van der Waals surface area contributed by atoms with Crippen molar-refractivity contribution in [2.24, 2.45) is 0 Å². The SMILES string of the molecule is c1ccc2nc3c(cc2c1)CCN3CCC1CCCN1. The molecule has 20 heavy (non-hydrogen) atoms. The number of rotatable bonds is 3. The number of nitrogens with one attached hydrogen (secondary N) is 1. The molecular formula is C17H21N3. The lowest BCUT2D eigenvalue weighted by Gasteiger charge is -2.20. The maximum absolute atomic E-state index is 4.89. The highest BCUT2D eigenvalue weighted by Crippen LogP contribution is 2.29. The zero-order valence-corrected chi connectivity index (χ0v) is 11.8. The Hall–Kier alpha value is -1.61. The van der Waals surface area contributed by atoms with Gasteiger partial charge in [-0.15, -0.1) is 0 Å². The molecule has 0 amide bonds. The van der Waals surface area contributed by atoms with Gasteiger partial charge in [-0.1, -0.05) is 18.2 Å². The van der Waals surface area contributed by atoms with Crippen LogP contribution in [0.5, 0.6) is 0 Å². The number of pyridine rings is 1. The first-order valence-electron chi connectivity index (χ1n) is 7.77. The summed E-state index contributed by atoms with van der Waals surface area (Å²) in [5.41, 5.74) is 2.54. The standard InChI is InChI=1S/C17H21N3/c1-2-6-16-13(4-1)12-14-7-10-20(17(14)19-16)11-8-15-5-3-9-18-15/h1-2,4,6,12,15,18H,3,5,7-11H2. The van der Waals surface area contributed by atoms with Crippen LogP contribution in [0.2, 0.25) is 0 Å². The number of anilines is 1. The van der Waals surface area contributed by atoms with Crippen molar-refractivity contribution in [3.63, 3.8) is 0 Å². The van der Waals surface area contributed by atoms with Crippen LogP contribution in [0.1, 0.15) is 24.8 Å². The zero-order valence-electron chi connectivity index (χ0n) is 11.8. The van der Waals surface area contributed by atoms with E-state index in [2.05, 4.69) is 40.5 Å². The van der Waals surface area contributed by atoms with Gasteiger partial charge in [-0.2, -0.15) is 0 Å². The van der Waals surface area contributed by atoms with Gasteiger partial charge in [0.25, 0.3) is 0 Å². The minimum atomic E-state index is 0.722. The first-order chi connectivity index (χ1) is 9.90. The summed E-state index contributed by atoms with van der Waals surface area (Å²) >= 11 is 0. The fourth-order valence-corrected chi connectivity index (χ4v) is 3.50. The number of aromatic nitrogens is 1. The third kappa shape index (κ3) is 2.16. The first kappa shape index (κ1) is 12.2. The highest BCUT2D eigenvalue weighted by Gasteiger charge is 2.22. The fourth-order valence-electron chi connectivity index (χ4n) is 3.50. The minimum absolute atomic E-state index is 0.722. The molecule has 1 saturated heterocycles. The second kappa shape index (κ2) is 5.06. The van der Waals surface area contributed by atoms with E-state index in [0.717, 1.165) is 31.1 Å². The van der Waals surface area contributed by atoms with E-state index in [4.69, 9.17) is 4.98 Å². The van der Waals surface area contributed by atoms with Gasteiger partial charge in [-0.25, -0.2) is 4.98 Å². The Morgan fingerprint density at radius 3 is 3.15 bits per heavy atom. The van der Waals surface area contributed by atoms with E-state index in [9.17, 15) is 0 Å². The van der Waals surface area contributed by atoms with E-state index >= 15 is 0 Å². The summed E-state index contributed by atoms with van der Waals surface area (Å²) in [4.78, 5) is 7.36. The largest absolute Gasteiger partial charge is 0.356 e. The molecule has 2 aliphatic rings. The Morgan fingerprint density at radius 1 is 1.30 bits per heavy atom. The quantitative estimate of drug-likeness (QED) is 0.927. The molecule has 0 aliphatic carbocycles. The average molecular weight is 267 g/mol. The van der Waals surface area contributed by atoms with Crippen LogP contribution >= 0.6 is 0 Å². The Morgan fingerprint density at radius 2 is 2.25 bits per heavy atom. The molecule has 0 spiro atoms. The second-order valence-electron chi connectivity index (χ2n) is 5.98. The first-order valence-corrected chi connectivity index (χ1v) is 7.77. The lowest BCUT2D eigenvalue weighted by molar-refractivity contribution is 0.553. The molecule has 0 bridgehead atoms.